The van der Waals surface area contributed by atoms with E-state index < -0.39 is 11.9 Å². The molecule has 1 amide bonds. The first-order chi connectivity index (χ1) is 24.9. The molecule has 7 rings (SSSR count). The van der Waals surface area contributed by atoms with E-state index in [1.807, 2.05) is 17.0 Å². The SMILES string of the molecule is C=C(C)[C@@H]1CC[C@]2(N(C)CCC(=O)N3CCC(C(=O)O)CC3)CC[C@]3(C)[C@H](CC[C@@H]4[C@@]5(C)CC=C(c6ccc(C(=O)O)cc6)C(C)(C)[C@@H]5CC[C@]43C)[C@@H]12. The number of piperidine rings is 1. The summed E-state index contributed by atoms with van der Waals surface area (Å²) in [6.07, 6.45) is 15.0. The van der Waals surface area contributed by atoms with Crippen molar-refractivity contribution in [3.63, 3.8) is 0 Å². The predicted octanol–water partition coefficient (Wildman–Crippen LogP) is 9.43. The molecule has 1 aromatic carbocycles. The summed E-state index contributed by atoms with van der Waals surface area (Å²) in [5.74, 6) is 1.09. The van der Waals surface area contributed by atoms with Crippen LogP contribution in [0.15, 0.2) is 42.5 Å². The molecule has 1 saturated heterocycles. The number of nitrogens with zero attached hydrogens (tertiary/aromatic N) is 2. The highest BCUT2D eigenvalue weighted by atomic mass is 16.4. The van der Waals surface area contributed by atoms with Gasteiger partial charge < -0.3 is 15.1 Å². The van der Waals surface area contributed by atoms with Gasteiger partial charge in [0, 0.05) is 31.6 Å². The Labute approximate surface area is 318 Å². The molecule has 6 aliphatic rings. The Morgan fingerprint density at radius 1 is 0.849 bits per heavy atom. The fourth-order valence-electron chi connectivity index (χ4n) is 14.7. The lowest BCUT2D eigenvalue weighted by Gasteiger charge is -2.73. The Hall–Kier alpha value is -2.93. The van der Waals surface area contributed by atoms with Gasteiger partial charge in [-0.15, -0.1) is 0 Å². The minimum atomic E-state index is -0.878. The summed E-state index contributed by atoms with van der Waals surface area (Å²) in [4.78, 5) is 41.0. The molecule has 2 N–H and O–H groups in total. The summed E-state index contributed by atoms with van der Waals surface area (Å²) in [7, 11) is 2.29. The zero-order valence-electron chi connectivity index (χ0n) is 33.7. The number of amides is 1. The molecule has 0 unspecified atom stereocenters. The molecular formula is C46H66N2O5. The normalized spacial score (nSPS) is 39.3. The first-order valence-corrected chi connectivity index (χ1v) is 20.8. The topological polar surface area (TPSA) is 98.2 Å². The fourth-order valence-corrected chi connectivity index (χ4v) is 14.7. The van der Waals surface area contributed by atoms with Crippen LogP contribution in [0.5, 0.6) is 0 Å². The van der Waals surface area contributed by atoms with Crippen molar-refractivity contribution in [3.8, 4) is 0 Å². The van der Waals surface area contributed by atoms with Crippen molar-refractivity contribution >= 4 is 23.4 Å². The number of benzene rings is 1. The third kappa shape index (κ3) is 5.79. The van der Waals surface area contributed by atoms with Crippen molar-refractivity contribution in [2.24, 2.45) is 57.2 Å². The van der Waals surface area contributed by atoms with Gasteiger partial charge in [-0.05, 0) is 159 Å². The van der Waals surface area contributed by atoms with Crippen LogP contribution in [0.2, 0.25) is 0 Å². The number of allylic oxidation sites excluding steroid dienone is 3. The monoisotopic (exact) mass is 726 g/mol. The van der Waals surface area contributed by atoms with Crippen LogP contribution < -0.4 is 0 Å². The number of carbonyl (C=O) groups excluding carboxylic acids is 1. The van der Waals surface area contributed by atoms with Crippen LogP contribution in [-0.4, -0.2) is 70.1 Å². The van der Waals surface area contributed by atoms with Crippen LogP contribution >= 0.6 is 0 Å². The number of hydrogen-bond acceptors (Lipinski definition) is 4. The lowest BCUT2D eigenvalue weighted by molar-refractivity contribution is -0.226. The van der Waals surface area contributed by atoms with Crippen LogP contribution in [0.4, 0.5) is 0 Å². The van der Waals surface area contributed by atoms with E-state index in [2.05, 4.69) is 66.1 Å². The van der Waals surface area contributed by atoms with Gasteiger partial charge in [0.25, 0.3) is 0 Å². The van der Waals surface area contributed by atoms with Crippen molar-refractivity contribution in [1.29, 1.82) is 0 Å². The molecule has 0 radical (unpaired) electrons. The van der Waals surface area contributed by atoms with Crippen molar-refractivity contribution in [2.75, 3.05) is 26.7 Å². The zero-order valence-corrected chi connectivity index (χ0v) is 33.7. The van der Waals surface area contributed by atoms with E-state index in [0.717, 1.165) is 18.5 Å². The molecule has 1 heterocycles. The summed E-state index contributed by atoms with van der Waals surface area (Å²) < 4.78 is 0. The van der Waals surface area contributed by atoms with Crippen LogP contribution in [0.3, 0.4) is 0 Å². The van der Waals surface area contributed by atoms with E-state index >= 15 is 0 Å². The predicted molar refractivity (Wildman–Crippen MR) is 210 cm³/mol. The summed E-state index contributed by atoms with van der Waals surface area (Å²) in [5.41, 5.74) is 4.93. The Kier molecular flexibility index (Phi) is 9.68. The number of carboxylic acid groups (broad SMARTS) is 2. The second-order valence-corrected chi connectivity index (χ2v) is 19.9. The number of carboxylic acids is 2. The highest BCUT2D eigenvalue weighted by Gasteiger charge is 2.71. The number of aliphatic carboxylic acids is 1. The van der Waals surface area contributed by atoms with E-state index in [-0.39, 0.29) is 39.0 Å². The molecular weight excluding hydrogens is 661 g/mol. The molecule has 9 atom stereocenters. The van der Waals surface area contributed by atoms with Gasteiger partial charge in [0.05, 0.1) is 11.5 Å². The number of carbonyl (C=O) groups is 3. The van der Waals surface area contributed by atoms with Crippen LogP contribution in [0.25, 0.3) is 5.57 Å². The van der Waals surface area contributed by atoms with E-state index in [0.29, 0.717) is 67.5 Å². The molecule has 5 aliphatic carbocycles. The highest BCUT2D eigenvalue weighted by molar-refractivity contribution is 5.88. The second-order valence-electron chi connectivity index (χ2n) is 19.9. The lowest BCUT2D eigenvalue weighted by Crippen LogP contribution is -2.68. The van der Waals surface area contributed by atoms with Crippen LogP contribution in [0, 0.1) is 57.2 Å². The Balaban J connectivity index is 1.13. The number of hydrogen-bond donors (Lipinski definition) is 2. The van der Waals surface area contributed by atoms with Gasteiger partial charge in [-0.3, -0.25) is 14.5 Å². The van der Waals surface area contributed by atoms with Gasteiger partial charge >= 0.3 is 11.9 Å². The van der Waals surface area contributed by atoms with Gasteiger partial charge in [0.15, 0.2) is 0 Å². The van der Waals surface area contributed by atoms with Gasteiger partial charge in [-0.1, -0.05) is 65.0 Å². The number of fused-ring (bicyclic) bond motifs is 7. The van der Waals surface area contributed by atoms with Gasteiger partial charge in [-0.25, -0.2) is 4.79 Å². The summed E-state index contributed by atoms with van der Waals surface area (Å²) in [6.45, 7) is 21.6. The second kappa shape index (κ2) is 13.4. The average molecular weight is 727 g/mol. The standard InChI is InChI=1S/C46H66N2O5/c1-29(2)33-15-23-46(47(8)26-20-38(49)48-27-18-32(19-28-48)41(52)53)25-24-44(6)35(39(33)46)13-14-37-43(5)21-16-34(30-9-11-31(12-10-30)40(50)51)42(3,4)36(43)17-22-45(37,44)7/h9-12,16,32-33,35-37,39H,1,13-15,17-28H2,2-8H3,(H,50,51)(H,52,53)/t33-,35+,36-,37+,39+,43-,44+,45+,46-/m0/s1. The summed E-state index contributed by atoms with van der Waals surface area (Å²) in [5, 5.41) is 18.9. The highest BCUT2D eigenvalue weighted by Crippen LogP contribution is 2.77. The van der Waals surface area contributed by atoms with E-state index in [1.165, 1.54) is 62.5 Å². The van der Waals surface area contributed by atoms with E-state index in [4.69, 9.17) is 0 Å². The molecule has 7 heteroatoms. The minimum absolute atomic E-state index is 0.0125. The smallest absolute Gasteiger partial charge is 0.335 e. The molecule has 4 saturated carbocycles. The Morgan fingerprint density at radius 2 is 1.53 bits per heavy atom. The molecule has 290 valence electrons. The maximum Gasteiger partial charge on any atom is 0.335 e. The molecule has 0 spiro atoms. The van der Waals surface area contributed by atoms with Gasteiger partial charge in [-0.2, -0.15) is 0 Å². The fraction of sp³-hybridized carbons (Fsp3) is 0.717. The van der Waals surface area contributed by atoms with Crippen molar-refractivity contribution in [2.45, 2.75) is 124 Å². The summed E-state index contributed by atoms with van der Waals surface area (Å²) in [6, 6.07) is 7.55. The molecule has 7 nitrogen and oxygen atoms in total. The minimum Gasteiger partial charge on any atom is -0.481 e. The Bertz CT molecular complexity index is 1670. The van der Waals surface area contributed by atoms with Crippen molar-refractivity contribution < 1.29 is 24.6 Å². The summed E-state index contributed by atoms with van der Waals surface area (Å²) >= 11 is 0. The molecule has 0 aromatic heterocycles. The lowest BCUT2D eigenvalue weighted by atomic mass is 9.33. The zero-order chi connectivity index (χ0) is 38.3. The molecule has 5 fully saturated rings. The number of likely N-dealkylation sites (tertiary alicyclic amines) is 1. The molecule has 1 aliphatic heterocycles. The van der Waals surface area contributed by atoms with Crippen LogP contribution in [0.1, 0.15) is 135 Å². The Morgan fingerprint density at radius 3 is 2.15 bits per heavy atom. The molecule has 0 bridgehead atoms. The number of aromatic carboxylic acids is 1. The third-order valence-corrected chi connectivity index (χ3v) is 17.7. The molecule has 53 heavy (non-hydrogen) atoms. The van der Waals surface area contributed by atoms with Gasteiger partial charge in [0.2, 0.25) is 5.91 Å². The van der Waals surface area contributed by atoms with Crippen molar-refractivity contribution in [3.05, 3.63) is 53.6 Å². The van der Waals surface area contributed by atoms with Crippen LogP contribution in [-0.2, 0) is 9.59 Å². The number of rotatable bonds is 8. The van der Waals surface area contributed by atoms with Crippen molar-refractivity contribution in [1.82, 2.24) is 9.80 Å². The van der Waals surface area contributed by atoms with Gasteiger partial charge in [0.1, 0.15) is 0 Å². The third-order valence-electron chi connectivity index (χ3n) is 17.7. The first kappa shape index (κ1) is 38.3. The molecule has 1 aromatic rings. The average Bonchev–Trinajstić information content (AvgIpc) is 3.52. The quantitative estimate of drug-likeness (QED) is 0.259. The van der Waals surface area contributed by atoms with E-state index in [1.54, 1.807) is 12.1 Å². The maximum atomic E-state index is 13.4. The largest absolute Gasteiger partial charge is 0.481 e. The van der Waals surface area contributed by atoms with E-state index in [9.17, 15) is 24.6 Å². The maximum absolute atomic E-state index is 13.4. The first-order valence-electron chi connectivity index (χ1n) is 20.8.